The first-order valence-electron chi connectivity index (χ1n) is 7.46. The van der Waals surface area contributed by atoms with Crippen molar-refractivity contribution in [1.29, 1.82) is 0 Å². The monoisotopic (exact) mass is 287 g/mol. The zero-order chi connectivity index (χ0) is 15.2. The largest absolute Gasteiger partial charge is 0.383 e. The van der Waals surface area contributed by atoms with Gasteiger partial charge in [-0.25, -0.2) is 4.98 Å². The van der Waals surface area contributed by atoms with Gasteiger partial charge in [-0.05, 0) is 24.0 Å². The standard InChI is InChI=1S/C17H25N3O/c1-13(2)16-7-5-15(6-8-16)11-19-17-18-9-10-20(17)14(3)12-21-4/h5-10,13-14H,11-12H2,1-4H3,(H,18,19). The molecule has 21 heavy (non-hydrogen) atoms. The smallest absolute Gasteiger partial charge is 0.203 e. The van der Waals surface area contributed by atoms with E-state index >= 15 is 0 Å². The number of imidazole rings is 1. The van der Waals surface area contributed by atoms with E-state index in [0.717, 1.165) is 12.5 Å². The molecule has 0 spiro atoms. The molecule has 0 aliphatic carbocycles. The molecular weight excluding hydrogens is 262 g/mol. The predicted molar refractivity (Wildman–Crippen MR) is 86.7 cm³/mol. The van der Waals surface area contributed by atoms with Crippen molar-refractivity contribution < 1.29 is 4.74 Å². The molecule has 114 valence electrons. The van der Waals surface area contributed by atoms with Crippen LogP contribution < -0.4 is 5.32 Å². The van der Waals surface area contributed by atoms with E-state index < -0.39 is 0 Å². The summed E-state index contributed by atoms with van der Waals surface area (Å²) in [4.78, 5) is 4.38. The summed E-state index contributed by atoms with van der Waals surface area (Å²) < 4.78 is 7.31. The molecule has 0 aliphatic rings. The number of benzene rings is 1. The summed E-state index contributed by atoms with van der Waals surface area (Å²) in [6, 6.07) is 9.01. The average Bonchev–Trinajstić information content (AvgIpc) is 2.94. The van der Waals surface area contributed by atoms with E-state index in [4.69, 9.17) is 4.74 Å². The molecule has 0 aliphatic heterocycles. The molecule has 0 bridgehead atoms. The number of nitrogens with zero attached hydrogens (tertiary/aromatic N) is 2. The van der Waals surface area contributed by atoms with Crippen LogP contribution in [0.25, 0.3) is 0 Å². The molecule has 1 unspecified atom stereocenters. The molecule has 1 aromatic heterocycles. The van der Waals surface area contributed by atoms with Crippen LogP contribution in [0.5, 0.6) is 0 Å². The zero-order valence-corrected chi connectivity index (χ0v) is 13.3. The van der Waals surface area contributed by atoms with Crippen LogP contribution in [0.2, 0.25) is 0 Å². The van der Waals surface area contributed by atoms with Gasteiger partial charge in [0.05, 0.1) is 12.6 Å². The fraction of sp³-hybridized carbons (Fsp3) is 0.471. The van der Waals surface area contributed by atoms with Gasteiger partial charge in [-0.15, -0.1) is 0 Å². The fourth-order valence-electron chi connectivity index (χ4n) is 2.33. The molecule has 1 N–H and O–H groups in total. The molecule has 0 amide bonds. The number of hydrogen-bond acceptors (Lipinski definition) is 3. The van der Waals surface area contributed by atoms with Crippen molar-refractivity contribution in [3.8, 4) is 0 Å². The van der Waals surface area contributed by atoms with Gasteiger partial charge in [-0.3, -0.25) is 0 Å². The van der Waals surface area contributed by atoms with Crippen molar-refractivity contribution >= 4 is 5.95 Å². The van der Waals surface area contributed by atoms with Gasteiger partial charge >= 0.3 is 0 Å². The molecule has 1 aromatic carbocycles. The highest BCUT2D eigenvalue weighted by atomic mass is 16.5. The summed E-state index contributed by atoms with van der Waals surface area (Å²) in [5.74, 6) is 1.45. The SMILES string of the molecule is COCC(C)n1ccnc1NCc1ccc(C(C)C)cc1. The summed E-state index contributed by atoms with van der Waals surface area (Å²) >= 11 is 0. The molecule has 1 atom stereocenters. The summed E-state index contributed by atoms with van der Waals surface area (Å²) in [5, 5.41) is 3.39. The molecule has 0 saturated carbocycles. The van der Waals surface area contributed by atoms with Crippen molar-refractivity contribution in [3.63, 3.8) is 0 Å². The van der Waals surface area contributed by atoms with Crippen LogP contribution in [0.15, 0.2) is 36.7 Å². The molecular formula is C17H25N3O. The van der Waals surface area contributed by atoms with Gasteiger partial charge in [0.15, 0.2) is 0 Å². The van der Waals surface area contributed by atoms with Gasteiger partial charge in [-0.2, -0.15) is 0 Å². The van der Waals surface area contributed by atoms with E-state index in [9.17, 15) is 0 Å². The van der Waals surface area contributed by atoms with E-state index in [-0.39, 0.29) is 6.04 Å². The lowest BCUT2D eigenvalue weighted by Gasteiger charge is -2.16. The highest BCUT2D eigenvalue weighted by molar-refractivity contribution is 5.31. The van der Waals surface area contributed by atoms with Crippen LogP contribution in [0.4, 0.5) is 5.95 Å². The lowest BCUT2D eigenvalue weighted by atomic mass is 10.0. The van der Waals surface area contributed by atoms with Gasteiger partial charge in [0.25, 0.3) is 0 Å². The number of hydrogen-bond donors (Lipinski definition) is 1. The minimum Gasteiger partial charge on any atom is -0.383 e. The topological polar surface area (TPSA) is 39.1 Å². The highest BCUT2D eigenvalue weighted by Crippen LogP contribution is 2.17. The third-order valence-electron chi connectivity index (χ3n) is 3.65. The molecule has 0 fully saturated rings. The first-order valence-corrected chi connectivity index (χ1v) is 7.46. The number of methoxy groups -OCH3 is 1. The Morgan fingerprint density at radius 3 is 2.52 bits per heavy atom. The first kappa shape index (κ1) is 15.6. The summed E-state index contributed by atoms with van der Waals surface area (Å²) in [6.45, 7) is 7.99. The molecule has 4 nitrogen and oxygen atoms in total. The predicted octanol–water partition coefficient (Wildman–Crippen LogP) is 3.83. The maximum Gasteiger partial charge on any atom is 0.203 e. The molecule has 0 saturated heterocycles. The molecule has 2 rings (SSSR count). The molecule has 2 aromatic rings. The van der Waals surface area contributed by atoms with E-state index in [2.05, 4.69) is 59.9 Å². The second kappa shape index (κ2) is 7.27. The van der Waals surface area contributed by atoms with Crippen LogP contribution in [0.3, 0.4) is 0 Å². The Hall–Kier alpha value is -1.81. The minimum atomic E-state index is 0.267. The Bertz CT molecular complexity index is 545. The van der Waals surface area contributed by atoms with Gasteiger partial charge in [0.2, 0.25) is 5.95 Å². The van der Waals surface area contributed by atoms with Crippen molar-refractivity contribution in [1.82, 2.24) is 9.55 Å². The lowest BCUT2D eigenvalue weighted by Crippen LogP contribution is -2.14. The number of nitrogens with one attached hydrogen (secondary N) is 1. The fourth-order valence-corrected chi connectivity index (χ4v) is 2.33. The third kappa shape index (κ3) is 4.08. The van der Waals surface area contributed by atoms with Crippen LogP contribution in [-0.4, -0.2) is 23.3 Å². The number of anilines is 1. The highest BCUT2D eigenvalue weighted by Gasteiger charge is 2.09. The van der Waals surface area contributed by atoms with Gasteiger partial charge in [0, 0.05) is 26.0 Å². The van der Waals surface area contributed by atoms with Crippen molar-refractivity contribution in [3.05, 3.63) is 47.8 Å². The summed E-state index contributed by atoms with van der Waals surface area (Å²) in [7, 11) is 1.72. The second-order valence-corrected chi connectivity index (χ2v) is 5.71. The average molecular weight is 287 g/mol. The Kier molecular flexibility index (Phi) is 5.39. The lowest BCUT2D eigenvalue weighted by molar-refractivity contribution is 0.163. The zero-order valence-electron chi connectivity index (χ0n) is 13.3. The van der Waals surface area contributed by atoms with E-state index in [0.29, 0.717) is 12.5 Å². The van der Waals surface area contributed by atoms with Gasteiger partial charge < -0.3 is 14.6 Å². The van der Waals surface area contributed by atoms with Crippen LogP contribution in [-0.2, 0) is 11.3 Å². The van der Waals surface area contributed by atoms with Crippen LogP contribution >= 0.6 is 0 Å². The van der Waals surface area contributed by atoms with Crippen LogP contribution in [0, 0.1) is 0 Å². The van der Waals surface area contributed by atoms with E-state index in [1.807, 2.05) is 12.4 Å². The van der Waals surface area contributed by atoms with E-state index in [1.165, 1.54) is 11.1 Å². The second-order valence-electron chi connectivity index (χ2n) is 5.71. The van der Waals surface area contributed by atoms with E-state index in [1.54, 1.807) is 7.11 Å². The Morgan fingerprint density at radius 2 is 1.90 bits per heavy atom. The minimum absolute atomic E-state index is 0.267. The quantitative estimate of drug-likeness (QED) is 0.841. The summed E-state index contributed by atoms with van der Waals surface area (Å²) in [6.07, 6.45) is 3.80. The number of rotatable bonds is 7. The maximum atomic E-state index is 5.20. The Labute approximate surface area is 127 Å². The maximum absolute atomic E-state index is 5.20. The van der Waals surface area contributed by atoms with Crippen molar-refractivity contribution in [2.24, 2.45) is 0 Å². The normalized spacial score (nSPS) is 12.6. The van der Waals surface area contributed by atoms with Gasteiger partial charge in [-0.1, -0.05) is 38.1 Å². The third-order valence-corrected chi connectivity index (χ3v) is 3.65. The Morgan fingerprint density at radius 1 is 1.19 bits per heavy atom. The van der Waals surface area contributed by atoms with Crippen molar-refractivity contribution in [2.45, 2.75) is 39.3 Å². The molecule has 4 heteroatoms. The Balaban J connectivity index is 1.98. The van der Waals surface area contributed by atoms with Crippen LogP contribution in [0.1, 0.15) is 43.9 Å². The summed E-state index contributed by atoms with van der Waals surface area (Å²) in [5.41, 5.74) is 2.63. The number of ether oxygens (including phenoxy) is 1. The van der Waals surface area contributed by atoms with Gasteiger partial charge in [0.1, 0.15) is 0 Å². The molecule has 0 radical (unpaired) electrons. The van der Waals surface area contributed by atoms with Crippen molar-refractivity contribution in [2.75, 3.05) is 19.0 Å². The number of aromatic nitrogens is 2. The first-order chi connectivity index (χ1) is 10.1. The molecule has 1 heterocycles.